The minimum atomic E-state index is -0.152. The monoisotopic (exact) mass is 188 g/mol. The lowest BCUT2D eigenvalue weighted by Crippen LogP contribution is -2.17. The molecule has 0 spiro atoms. The van der Waals surface area contributed by atoms with E-state index in [0.29, 0.717) is 0 Å². The SMILES string of the molecule is Cc1ccc2c(c1)C=CNC2N=NN. The van der Waals surface area contributed by atoms with Gasteiger partial charge in [-0.1, -0.05) is 29.0 Å². The van der Waals surface area contributed by atoms with E-state index in [0.717, 1.165) is 5.56 Å². The predicted octanol–water partition coefficient (Wildman–Crippen LogP) is 1.89. The summed E-state index contributed by atoms with van der Waals surface area (Å²) in [5.74, 6) is 5.04. The van der Waals surface area contributed by atoms with Crippen molar-refractivity contribution >= 4 is 6.08 Å². The van der Waals surface area contributed by atoms with Gasteiger partial charge in [-0.05, 0) is 24.8 Å². The van der Waals surface area contributed by atoms with Crippen molar-refractivity contribution in [3.05, 3.63) is 41.1 Å². The van der Waals surface area contributed by atoms with Crippen LogP contribution in [0.25, 0.3) is 6.08 Å². The summed E-state index contributed by atoms with van der Waals surface area (Å²) in [5, 5.41) is 10.3. The maximum atomic E-state index is 5.04. The van der Waals surface area contributed by atoms with Crippen molar-refractivity contribution in [2.45, 2.75) is 13.1 Å². The van der Waals surface area contributed by atoms with Crippen molar-refractivity contribution in [1.82, 2.24) is 5.32 Å². The van der Waals surface area contributed by atoms with Crippen molar-refractivity contribution in [2.24, 2.45) is 16.2 Å². The molecule has 2 rings (SSSR count). The molecule has 4 nitrogen and oxygen atoms in total. The second-order valence-corrected chi connectivity index (χ2v) is 3.27. The Morgan fingerprint density at radius 2 is 2.29 bits per heavy atom. The number of nitrogens with two attached hydrogens (primary N) is 1. The van der Waals surface area contributed by atoms with Gasteiger partial charge in [0.05, 0.1) is 0 Å². The fourth-order valence-corrected chi connectivity index (χ4v) is 1.57. The molecule has 1 atom stereocenters. The minimum Gasteiger partial charge on any atom is -0.365 e. The summed E-state index contributed by atoms with van der Waals surface area (Å²) in [7, 11) is 0. The molecule has 0 aromatic heterocycles. The molecular weight excluding hydrogens is 176 g/mol. The largest absolute Gasteiger partial charge is 0.365 e. The van der Waals surface area contributed by atoms with Crippen molar-refractivity contribution in [1.29, 1.82) is 0 Å². The molecule has 0 radical (unpaired) electrons. The van der Waals surface area contributed by atoms with Gasteiger partial charge in [-0.2, -0.15) is 0 Å². The molecule has 0 aliphatic carbocycles. The third kappa shape index (κ3) is 1.46. The highest BCUT2D eigenvalue weighted by atomic mass is 15.4. The number of fused-ring (bicyclic) bond motifs is 1. The number of hydrogen-bond acceptors (Lipinski definition) is 3. The van der Waals surface area contributed by atoms with Crippen LogP contribution < -0.4 is 11.2 Å². The Morgan fingerprint density at radius 1 is 1.43 bits per heavy atom. The van der Waals surface area contributed by atoms with E-state index >= 15 is 0 Å². The van der Waals surface area contributed by atoms with Gasteiger partial charge in [0.25, 0.3) is 0 Å². The Hall–Kier alpha value is -1.84. The van der Waals surface area contributed by atoms with Crippen LogP contribution in [-0.4, -0.2) is 0 Å². The van der Waals surface area contributed by atoms with Crippen molar-refractivity contribution in [3.8, 4) is 0 Å². The Bertz CT molecular complexity index is 395. The first-order chi connectivity index (χ1) is 6.81. The van der Waals surface area contributed by atoms with Crippen molar-refractivity contribution in [2.75, 3.05) is 0 Å². The second-order valence-electron chi connectivity index (χ2n) is 3.27. The zero-order valence-corrected chi connectivity index (χ0v) is 7.94. The lowest BCUT2D eigenvalue weighted by Gasteiger charge is -2.18. The molecule has 14 heavy (non-hydrogen) atoms. The van der Waals surface area contributed by atoms with Crippen LogP contribution >= 0.6 is 0 Å². The molecule has 1 aromatic rings. The number of benzene rings is 1. The van der Waals surface area contributed by atoms with Gasteiger partial charge in [0.2, 0.25) is 0 Å². The Kier molecular flexibility index (Phi) is 2.18. The molecule has 72 valence electrons. The third-order valence-corrected chi connectivity index (χ3v) is 2.24. The van der Waals surface area contributed by atoms with Gasteiger partial charge < -0.3 is 11.2 Å². The summed E-state index contributed by atoms with van der Waals surface area (Å²) >= 11 is 0. The van der Waals surface area contributed by atoms with Gasteiger partial charge in [-0.15, -0.1) is 5.11 Å². The standard InChI is InChI=1S/C10H12N4/c1-7-2-3-9-8(6-7)4-5-12-10(9)13-14-11/h2-6,10,12H,1H3,(H2,11,13). The van der Waals surface area contributed by atoms with Gasteiger partial charge in [-0.3, -0.25) is 0 Å². The molecule has 0 saturated heterocycles. The first-order valence-corrected chi connectivity index (χ1v) is 4.44. The Morgan fingerprint density at radius 3 is 3.07 bits per heavy atom. The van der Waals surface area contributed by atoms with Gasteiger partial charge in [0, 0.05) is 5.56 Å². The van der Waals surface area contributed by atoms with E-state index in [2.05, 4.69) is 34.7 Å². The number of aryl methyl sites for hydroxylation is 1. The quantitative estimate of drug-likeness (QED) is 0.401. The number of nitrogens with one attached hydrogen (secondary N) is 1. The lowest BCUT2D eigenvalue weighted by atomic mass is 10.0. The van der Waals surface area contributed by atoms with Gasteiger partial charge in [0.15, 0.2) is 6.17 Å². The Balaban J connectivity index is 2.45. The average molecular weight is 188 g/mol. The van der Waals surface area contributed by atoms with Crippen LogP contribution in [0.4, 0.5) is 0 Å². The van der Waals surface area contributed by atoms with Gasteiger partial charge in [0.1, 0.15) is 0 Å². The zero-order valence-electron chi connectivity index (χ0n) is 7.94. The number of hydrogen-bond donors (Lipinski definition) is 2. The summed E-state index contributed by atoms with van der Waals surface area (Å²) in [4.78, 5) is 0. The summed E-state index contributed by atoms with van der Waals surface area (Å²) in [6.45, 7) is 2.07. The van der Waals surface area contributed by atoms with Crippen LogP contribution in [0.5, 0.6) is 0 Å². The van der Waals surface area contributed by atoms with Crippen molar-refractivity contribution in [3.63, 3.8) is 0 Å². The molecule has 0 saturated carbocycles. The molecule has 3 N–H and O–H groups in total. The number of rotatable bonds is 1. The zero-order chi connectivity index (χ0) is 9.97. The van der Waals surface area contributed by atoms with Crippen molar-refractivity contribution < 1.29 is 0 Å². The second kappa shape index (κ2) is 3.49. The van der Waals surface area contributed by atoms with E-state index in [4.69, 9.17) is 5.84 Å². The lowest BCUT2D eigenvalue weighted by molar-refractivity contribution is 0.604. The van der Waals surface area contributed by atoms with Crippen LogP contribution in [0.2, 0.25) is 0 Å². The molecule has 1 heterocycles. The van der Waals surface area contributed by atoms with Gasteiger partial charge >= 0.3 is 0 Å². The topological polar surface area (TPSA) is 62.8 Å². The highest BCUT2D eigenvalue weighted by Gasteiger charge is 2.14. The first-order valence-electron chi connectivity index (χ1n) is 4.44. The van der Waals surface area contributed by atoms with E-state index in [9.17, 15) is 0 Å². The van der Waals surface area contributed by atoms with E-state index in [1.54, 1.807) is 0 Å². The minimum absolute atomic E-state index is 0.152. The Labute approximate surface area is 82.5 Å². The summed E-state index contributed by atoms with van der Waals surface area (Å²) < 4.78 is 0. The van der Waals surface area contributed by atoms with E-state index in [-0.39, 0.29) is 6.17 Å². The van der Waals surface area contributed by atoms with Crippen LogP contribution in [-0.2, 0) is 0 Å². The first kappa shape index (κ1) is 8.74. The third-order valence-electron chi connectivity index (χ3n) is 2.24. The molecular formula is C10H12N4. The summed E-state index contributed by atoms with van der Waals surface area (Å²) in [6, 6.07) is 6.21. The van der Waals surface area contributed by atoms with E-state index in [1.165, 1.54) is 11.1 Å². The van der Waals surface area contributed by atoms with Crippen LogP contribution in [0.15, 0.2) is 34.7 Å². The molecule has 0 fully saturated rings. The fraction of sp³-hybridized carbons (Fsp3) is 0.200. The maximum absolute atomic E-state index is 5.04. The molecule has 1 aliphatic rings. The van der Waals surface area contributed by atoms with Gasteiger partial charge in [-0.25, -0.2) is 0 Å². The summed E-state index contributed by atoms with van der Waals surface area (Å²) in [6.07, 6.45) is 3.73. The van der Waals surface area contributed by atoms with Crippen LogP contribution in [0.1, 0.15) is 22.9 Å². The molecule has 1 unspecified atom stereocenters. The number of nitrogens with zero attached hydrogens (tertiary/aromatic N) is 2. The highest BCUT2D eigenvalue weighted by molar-refractivity contribution is 5.57. The summed E-state index contributed by atoms with van der Waals surface area (Å²) in [5.41, 5.74) is 3.51. The fourth-order valence-electron chi connectivity index (χ4n) is 1.57. The maximum Gasteiger partial charge on any atom is 0.167 e. The van der Waals surface area contributed by atoms with Crippen LogP contribution in [0.3, 0.4) is 0 Å². The molecule has 4 heteroatoms. The predicted molar refractivity (Wildman–Crippen MR) is 55.1 cm³/mol. The van der Waals surface area contributed by atoms with Crippen LogP contribution in [0, 0.1) is 6.92 Å². The molecule has 1 aliphatic heterocycles. The van der Waals surface area contributed by atoms with E-state index < -0.39 is 0 Å². The van der Waals surface area contributed by atoms with E-state index in [1.807, 2.05) is 18.3 Å². The molecule has 1 aromatic carbocycles. The smallest absolute Gasteiger partial charge is 0.167 e. The average Bonchev–Trinajstić information content (AvgIpc) is 2.18. The molecule has 0 amide bonds. The normalized spacial score (nSPS) is 19.4. The highest BCUT2D eigenvalue weighted by Crippen LogP contribution is 2.25. The molecule has 0 bridgehead atoms.